The second-order valence-electron chi connectivity index (χ2n) is 6.78. The Balaban J connectivity index is 1.62. The average Bonchev–Trinajstić information content (AvgIpc) is 3.14. The van der Waals surface area contributed by atoms with Gasteiger partial charge >= 0.3 is 0 Å². The van der Waals surface area contributed by atoms with Crippen molar-refractivity contribution >= 4 is 5.96 Å². The maximum atomic E-state index is 14.7. The molecule has 124 valence electrons. The van der Waals surface area contributed by atoms with E-state index in [1.54, 1.807) is 0 Å². The standard InChI is InChI=1S/C15H22FN7/c1-23-6-8-5-19-13(11(8)7-23)10-3-2-9(4-12(10)16)15(18)20-14(17)21-22-15/h2-4,8,11,13,19,22H,5-7,18H2,1H3,(H3,17,20,21). The van der Waals surface area contributed by atoms with Gasteiger partial charge in [-0.15, -0.1) is 0 Å². The van der Waals surface area contributed by atoms with E-state index in [0.717, 1.165) is 19.6 Å². The van der Waals surface area contributed by atoms with Gasteiger partial charge in [-0.3, -0.25) is 11.2 Å². The summed E-state index contributed by atoms with van der Waals surface area (Å²) >= 11 is 0. The van der Waals surface area contributed by atoms with Gasteiger partial charge in [0.2, 0.25) is 11.7 Å². The molecule has 1 aromatic carbocycles. The Hall–Kier alpha value is -1.74. The number of nitrogens with two attached hydrogens (primary N) is 2. The fourth-order valence-corrected chi connectivity index (χ4v) is 4.04. The molecule has 3 aliphatic heterocycles. The normalized spacial score (nSPS) is 36.8. The van der Waals surface area contributed by atoms with Crippen molar-refractivity contribution in [2.75, 3.05) is 26.7 Å². The van der Waals surface area contributed by atoms with Crippen LogP contribution in [0, 0.1) is 17.7 Å². The van der Waals surface area contributed by atoms with E-state index in [4.69, 9.17) is 11.5 Å². The summed E-state index contributed by atoms with van der Waals surface area (Å²) in [5, 5.41) is 3.47. The molecular weight excluding hydrogens is 297 g/mol. The van der Waals surface area contributed by atoms with E-state index in [-0.39, 0.29) is 17.8 Å². The van der Waals surface area contributed by atoms with E-state index in [0.29, 0.717) is 23.0 Å². The van der Waals surface area contributed by atoms with Crippen LogP contribution in [0.4, 0.5) is 4.39 Å². The molecule has 0 aliphatic carbocycles. The zero-order valence-electron chi connectivity index (χ0n) is 13.0. The molecular formula is C15H22FN7. The van der Waals surface area contributed by atoms with E-state index in [2.05, 4.69) is 33.1 Å². The Morgan fingerprint density at radius 2 is 2.22 bits per heavy atom. The second-order valence-corrected chi connectivity index (χ2v) is 6.78. The molecule has 3 aliphatic rings. The summed E-state index contributed by atoms with van der Waals surface area (Å²) in [6.07, 6.45) is 0. The molecule has 4 rings (SSSR count). The molecule has 23 heavy (non-hydrogen) atoms. The molecule has 0 spiro atoms. The van der Waals surface area contributed by atoms with Crippen molar-refractivity contribution < 1.29 is 4.39 Å². The molecule has 4 atom stereocenters. The van der Waals surface area contributed by atoms with Crippen molar-refractivity contribution in [2.24, 2.45) is 28.3 Å². The minimum absolute atomic E-state index is 0.0518. The van der Waals surface area contributed by atoms with Crippen LogP contribution in [0.3, 0.4) is 0 Å². The summed E-state index contributed by atoms with van der Waals surface area (Å²) in [4.78, 5) is 6.40. The first-order chi connectivity index (χ1) is 11.0. The highest BCUT2D eigenvalue weighted by Crippen LogP contribution is 2.39. The number of hydrogen-bond donors (Lipinski definition) is 5. The van der Waals surface area contributed by atoms with Gasteiger partial charge in [0.25, 0.3) is 0 Å². The first-order valence-corrected chi connectivity index (χ1v) is 7.85. The number of likely N-dealkylation sites (tertiary alicyclic amines) is 1. The minimum Gasteiger partial charge on any atom is -0.369 e. The lowest BCUT2D eigenvalue weighted by Gasteiger charge is -2.24. The lowest BCUT2D eigenvalue weighted by molar-refractivity contribution is 0.354. The number of halogens is 1. The lowest BCUT2D eigenvalue weighted by Crippen LogP contribution is -2.50. The number of rotatable bonds is 2. The molecule has 1 aromatic rings. The molecule has 0 bridgehead atoms. The molecule has 8 heteroatoms. The third-order valence-electron chi connectivity index (χ3n) is 5.16. The smallest absolute Gasteiger partial charge is 0.209 e. The summed E-state index contributed by atoms with van der Waals surface area (Å²) in [6, 6.07) is 5.11. The van der Waals surface area contributed by atoms with Gasteiger partial charge in [0.05, 0.1) is 0 Å². The molecule has 2 fully saturated rings. The molecule has 4 unspecified atom stereocenters. The lowest BCUT2D eigenvalue weighted by atomic mass is 9.89. The molecule has 2 saturated heterocycles. The Bertz CT molecular complexity index is 663. The molecule has 7 N–H and O–H groups in total. The van der Waals surface area contributed by atoms with Gasteiger partial charge in [0.1, 0.15) is 5.82 Å². The maximum absolute atomic E-state index is 14.7. The summed E-state index contributed by atoms with van der Waals surface area (Å²) in [5.41, 5.74) is 18.3. The SMILES string of the molecule is CN1CC2CNC(c3ccc(C4(N)N=C(N)NN4)cc3F)C2C1. The molecule has 0 saturated carbocycles. The topological polar surface area (TPSA) is 104 Å². The van der Waals surface area contributed by atoms with Gasteiger partial charge in [-0.2, -0.15) is 5.43 Å². The molecule has 0 aromatic heterocycles. The van der Waals surface area contributed by atoms with Crippen molar-refractivity contribution in [1.29, 1.82) is 0 Å². The fraction of sp³-hybridized carbons (Fsp3) is 0.533. The van der Waals surface area contributed by atoms with Crippen LogP contribution in [0.2, 0.25) is 0 Å². The highest BCUT2D eigenvalue weighted by atomic mass is 19.1. The highest BCUT2D eigenvalue weighted by molar-refractivity contribution is 5.79. The monoisotopic (exact) mass is 319 g/mol. The van der Waals surface area contributed by atoms with Crippen LogP contribution in [0.15, 0.2) is 23.2 Å². The summed E-state index contributed by atoms with van der Waals surface area (Å²) in [6.45, 7) is 3.01. The first-order valence-electron chi connectivity index (χ1n) is 7.85. The fourth-order valence-electron chi connectivity index (χ4n) is 4.04. The molecule has 0 amide bonds. The largest absolute Gasteiger partial charge is 0.369 e. The third-order valence-corrected chi connectivity index (χ3v) is 5.16. The Morgan fingerprint density at radius 3 is 2.91 bits per heavy atom. The van der Waals surface area contributed by atoms with Gasteiger partial charge < -0.3 is 16.0 Å². The van der Waals surface area contributed by atoms with Gasteiger partial charge in [0.15, 0.2) is 0 Å². The van der Waals surface area contributed by atoms with Crippen LogP contribution in [0.25, 0.3) is 0 Å². The Labute approximate surface area is 134 Å². The zero-order valence-corrected chi connectivity index (χ0v) is 13.0. The minimum atomic E-state index is -1.23. The first kappa shape index (κ1) is 14.8. The third kappa shape index (κ3) is 2.38. The van der Waals surface area contributed by atoms with E-state index >= 15 is 0 Å². The second kappa shape index (κ2) is 5.13. The summed E-state index contributed by atoms with van der Waals surface area (Å²) in [7, 11) is 2.12. The van der Waals surface area contributed by atoms with Gasteiger partial charge in [-0.05, 0) is 24.9 Å². The van der Waals surface area contributed by atoms with E-state index in [1.165, 1.54) is 6.07 Å². The number of hydrogen-bond acceptors (Lipinski definition) is 7. The number of guanidine groups is 1. The summed E-state index contributed by atoms with van der Waals surface area (Å²) in [5.74, 6) is -0.265. The van der Waals surface area contributed by atoms with Crippen LogP contribution < -0.4 is 27.6 Å². The van der Waals surface area contributed by atoms with Crippen LogP contribution >= 0.6 is 0 Å². The van der Waals surface area contributed by atoms with Crippen molar-refractivity contribution in [1.82, 2.24) is 21.1 Å². The number of hydrazine groups is 1. The van der Waals surface area contributed by atoms with Crippen LogP contribution in [-0.2, 0) is 5.79 Å². The Morgan fingerprint density at radius 1 is 1.39 bits per heavy atom. The summed E-state index contributed by atoms with van der Waals surface area (Å²) < 4.78 is 14.7. The van der Waals surface area contributed by atoms with Gasteiger partial charge in [-0.1, -0.05) is 12.1 Å². The zero-order chi connectivity index (χ0) is 16.2. The Kier molecular flexibility index (Phi) is 3.31. The van der Waals surface area contributed by atoms with Crippen LogP contribution in [0.1, 0.15) is 17.2 Å². The predicted octanol–water partition coefficient (Wildman–Crippen LogP) is -0.861. The molecule has 7 nitrogen and oxygen atoms in total. The highest BCUT2D eigenvalue weighted by Gasteiger charge is 2.43. The van der Waals surface area contributed by atoms with Crippen molar-refractivity contribution in [3.8, 4) is 0 Å². The van der Waals surface area contributed by atoms with Crippen molar-refractivity contribution in [3.63, 3.8) is 0 Å². The van der Waals surface area contributed by atoms with Crippen molar-refractivity contribution in [2.45, 2.75) is 11.8 Å². The molecule has 0 radical (unpaired) electrons. The van der Waals surface area contributed by atoms with Crippen LogP contribution in [0.5, 0.6) is 0 Å². The van der Waals surface area contributed by atoms with E-state index in [1.807, 2.05) is 12.1 Å². The average molecular weight is 319 g/mol. The van der Waals surface area contributed by atoms with E-state index < -0.39 is 5.79 Å². The predicted molar refractivity (Wildman–Crippen MR) is 85.4 cm³/mol. The quantitative estimate of drug-likeness (QED) is 0.486. The number of nitrogens with zero attached hydrogens (tertiary/aromatic N) is 2. The number of nitrogens with one attached hydrogen (secondary N) is 3. The number of aliphatic imine (C=N–C) groups is 1. The van der Waals surface area contributed by atoms with E-state index in [9.17, 15) is 4.39 Å². The number of benzene rings is 1. The maximum Gasteiger partial charge on any atom is 0.209 e. The van der Waals surface area contributed by atoms with Crippen LogP contribution in [-0.4, -0.2) is 37.5 Å². The molecule has 3 heterocycles. The number of fused-ring (bicyclic) bond motifs is 1. The van der Waals surface area contributed by atoms with Gasteiger partial charge in [0, 0.05) is 36.8 Å². The van der Waals surface area contributed by atoms with Crippen molar-refractivity contribution in [3.05, 3.63) is 35.1 Å². The van der Waals surface area contributed by atoms with Gasteiger partial charge in [-0.25, -0.2) is 9.38 Å².